The summed E-state index contributed by atoms with van der Waals surface area (Å²) in [7, 11) is 0. The fourth-order valence-electron chi connectivity index (χ4n) is 2.81. The molecular weight excluding hydrogens is 214 g/mol. The molecule has 2 rings (SSSR count). The van der Waals surface area contributed by atoms with Crippen LogP contribution in [0.4, 0.5) is 5.69 Å². The standard InChI is InChI=1S/C14H21NS/c1-9-6-10-12(7-11(9)15)16-14(4,5)8-13(10,2)3/h6-7H,8,15H2,1-5H3. The molecule has 1 nitrogen and oxygen atoms in total. The first-order valence-electron chi connectivity index (χ1n) is 5.81. The number of fused-ring (bicyclic) bond motifs is 1. The van der Waals surface area contributed by atoms with Crippen LogP contribution in [0.15, 0.2) is 17.0 Å². The first kappa shape index (κ1) is 11.8. The smallest absolute Gasteiger partial charge is 0.0355 e. The monoisotopic (exact) mass is 235 g/mol. The summed E-state index contributed by atoms with van der Waals surface area (Å²) in [6.45, 7) is 11.4. The van der Waals surface area contributed by atoms with Gasteiger partial charge in [-0.15, -0.1) is 11.8 Å². The summed E-state index contributed by atoms with van der Waals surface area (Å²) >= 11 is 1.96. The van der Waals surface area contributed by atoms with E-state index in [2.05, 4.69) is 46.8 Å². The third kappa shape index (κ3) is 1.95. The van der Waals surface area contributed by atoms with Gasteiger partial charge >= 0.3 is 0 Å². The van der Waals surface area contributed by atoms with Crippen LogP contribution >= 0.6 is 11.8 Å². The van der Waals surface area contributed by atoms with Crippen LogP contribution in [0.25, 0.3) is 0 Å². The maximum absolute atomic E-state index is 6.01. The highest BCUT2D eigenvalue weighted by molar-refractivity contribution is 8.00. The molecule has 0 spiro atoms. The Morgan fingerprint density at radius 2 is 1.81 bits per heavy atom. The lowest BCUT2D eigenvalue weighted by molar-refractivity contribution is 0.408. The van der Waals surface area contributed by atoms with Crippen LogP contribution in [0.3, 0.4) is 0 Å². The summed E-state index contributed by atoms with van der Waals surface area (Å²) in [5.41, 5.74) is 9.84. The maximum atomic E-state index is 6.01. The first-order chi connectivity index (χ1) is 7.21. The van der Waals surface area contributed by atoms with Gasteiger partial charge in [0, 0.05) is 15.3 Å². The molecule has 88 valence electrons. The van der Waals surface area contributed by atoms with Crippen molar-refractivity contribution < 1.29 is 0 Å². The number of thioether (sulfide) groups is 1. The van der Waals surface area contributed by atoms with E-state index >= 15 is 0 Å². The van der Waals surface area contributed by atoms with Gasteiger partial charge in [0.1, 0.15) is 0 Å². The molecule has 0 unspecified atom stereocenters. The summed E-state index contributed by atoms with van der Waals surface area (Å²) in [6.07, 6.45) is 1.21. The highest BCUT2D eigenvalue weighted by Gasteiger charge is 2.38. The second kappa shape index (κ2) is 3.43. The number of anilines is 1. The van der Waals surface area contributed by atoms with Crippen molar-refractivity contribution in [2.45, 2.75) is 56.1 Å². The summed E-state index contributed by atoms with van der Waals surface area (Å²) in [4.78, 5) is 1.37. The summed E-state index contributed by atoms with van der Waals surface area (Å²) < 4.78 is 0.304. The number of hydrogen-bond donors (Lipinski definition) is 1. The molecule has 16 heavy (non-hydrogen) atoms. The van der Waals surface area contributed by atoms with E-state index < -0.39 is 0 Å². The molecule has 2 N–H and O–H groups in total. The Balaban J connectivity index is 2.60. The molecule has 1 aromatic carbocycles. The molecule has 0 radical (unpaired) electrons. The van der Waals surface area contributed by atoms with Crippen molar-refractivity contribution in [3.05, 3.63) is 23.3 Å². The molecule has 0 aliphatic carbocycles. The Bertz CT molecular complexity index is 433. The molecule has 1 aromatic rings. The van der Waals surface area contributed by atoms with Crippen LogP contribution in [0.2, 0.25) is 0 Å². The van der Waals surface area contributed by atoms with Crippen molar-refractivity contribution in [3.63, 3.8) is 0 Å². The average Bonchev–Trinajstić information content (AvgIpc) is 2.06. The van der Waals surface area contributed by atoms with Crippen LogP contribution in [0.5, 0.6) is 0 Å². The highest BCUT2D eigenvalue weighted by atomic mass is 32.2. The lowest BCUT2D eigenvalue weighted by Crippen LogP contribution is -2.33. The van der Waals surface area contributed by atoms with Crippen LogP contribution in [0, 0.1) is 6.92 Å². The van der Waals surface area contributed by atoms with Gasteiger partial charge in [0.15, 0.2) is 0 Å². The molecular formula is C14H21NS. The number of nitrogen functional groups attached to an aromatic ring is 1. The van der Waals surface area contributed by atoms with Gasteiger partial charge in [0.25, 0.3) is 0 Å². The Labute approximate surface area is 103 Å². The minimum Gasteiger partial charge on any atom is -0.398 e. The molecule has 1 aliphatic heterocycles. The summed E-state index contributed by atoms with van der Waals surface area (Å²) in [5.74, 6) is 0. The quantitative estimate of drug-likeness (QED) is 0.684. The third-order valence-electron chi connectivity index (χ3n) is 3.35. The molecule has 2 heteroatoms. The van der Waals surface area contributed by atoms with Crippen molar-refractivity contribution in [2.24, 2.45) is 0 Å². The van der Waals surface area contributed by atoms with Crippen molar-refractivity contribution in [1.82, 2.24) is 0 Å². The predicted molar refractivity (Wildman–Crippen MR) is 73.2 cm³/mol. The van der Waals surface area contributed by atoms with E-state index in [1.807, 2.05) is 11.8 Å². The molecule has 0 aromatic heterocycles. The lowest BCUT2D eigenvalue weighted by Gasteiger charge is -2.42. The Hall–Kier alpha value is -0.630. The summed E-state index contributed by atoms with van der Waals surface area (Å²) in [6, 6.07) is 4.42. The molecule has 0 fully saturated rings. The van der Waals surface area contributed by atoms with Gasteiger partial charge in [-0.3, -0.25) is 0 Å². The molecule has 1 heterocycles. The Morgan fingerprint density at radius 3 is 2.44 bits per heavy atom. The zero-order chi connectivity index (χ0) is 12.1. The lowest BCUT2D eigenvalue weighted by atomic mass is 9.76. The van der Waals surface area contributed by atoms with Crippen molar-refractivity contribution in [1.29, 1.82) is 0 Å². The van der Waals surface area contributed by atoms with Gasteiger partial charge < -0.3 is 5.73 Å². The van der Waals surface area contributed by atoms with Gasteiger partial charge in [-0.25, -0.2) is 0 Å². The Kier molecular flexibility index (Phi) is 2.54. The van der Waals surface area contributed by atoms with E-state index in [4.69, 9.17) is 5.73 Å². The van der Waals surface area contributed by atoms with Gasteiger partial charge in [-0.2, -0.15) is 0 Å². The van der Waals surface area contributed by atoms with Gasteiger partial charge in [-0.1, -0.05) is 33.8 Å². The molecule has 0 atom stereocenters. The van der Waals surface area contributed by atoms with E-state index in [1.165, 1.54) is 22.4 Å². The van der Waals surface area contributed by atoms with E-state index in [9.17, 15) is 0 Å². The molecule has 1 aliphatic rings. The molecule has 0 bridgehead atoms. The number of hydrogen-bond acceptors (Lipinski definition) is 2. The number of benzene rings is 1. The van der Waals surface area contributed by atoms with Crippen LogP contribution in [-0.4, -0.2) is 4.75 Å². The number of rotatable bonds is 0. The SMILES string of the molecule is Cc1cc2c(cc1N)SC(C)(C)CC2(C)C. The van der Waals surface area contributed by atoms with E-state index in [-0.39, 0.29) is 5.41 Å². The van der Waals surface area contributed by atoms with E-state index in [1.54, 1.807) is 0 Å². The van der Waals surface area contributed by atoms with Crippen molar-refractivity contribution in [3.8, 4) is 0 Å². The summed E-state index contributed by atoms with van der Waals surface area (Å²) in [5, 5.41) is 0. The van der Waals surface area contributed by atoms with E-state index in [0.29, 0.717) is 4.75 Å². The van der Waals surface area contributed by atoms with Crippen molar-refractivity contribution in [2.75, 3.05) is 5.73 Å². The fraction of sp³-hybridized carbons (Fsp3) is 0.571. The second-order valence-electron chi connectivity index (χ2n) is 6.13. The number of aryl methyl sites for hydroxylation is 1. The van der Waals surface area contributed by atoms with Crippen LogP contribution < -0.4 is 5.73 Å². The molecule has 0 amide bonds. The zero-order valence-electron chi connectivity index (χ0n) is 10.8. The van der Waals surface area contributed by atoms with Crippen molar-refractivity contribution >= 4 is 17.4 Å². The first-order valence-corrected chi connectivity index (χ1v) is 6.63. The minimum atomic E-state index is 0.253. The highest BCUT2D eigenvalue weighted by Crippen LogP contribution is 2.51. The second-order valence-corrected chi connectivity index (χ2v) is 7.88. The minimum absolute atomic E-state index is 0.253. The topological polar surface area (TPSA) is 26.0 Å². The van der Waals surface area contributed by atoms with Crippen LogP contribution in [-0.2, 0) is 5.41 Å². The zero-order valence-corrected chi connectivity index (χ0v) is 11.7. The van der Waals surface area contributed by atoms with E-state index in [0.717, 1.165) is 5.69 Å². The largest absolute Gasteiger partial charge is 0.398 e. The predicted octanol–water partition coefficient (Wildman–Crippen LogP) is 4.13. The van der Waals surface area contributed by atoms with Crippen LogP contribution in [0.1, 0.15) is 45.2 Å². The Morgan fingerprint density at radius 1 is 1.19 bits per heavy atom. The number of nitrogens with two attached hydrogens (primary N) is 1. The molecule has 0 saturated heterocycles. The van der Waals surface area contributed by atoms with Gasteiger partial charge in [-0.05, 0) is 36.0 Å². The van der Waals surface area contributed by atoms with Gasteiger partial charge in [0.05, 0.1) is 0 Å². The maximum Gasteiger partial charge on any atom is 0.0355 e. The molecule has 0 saturated carbocycles. The van der Waals surface area contributed by atoms with Gasteiger partial charge in [0.2, 0.25) is 0 Å². The average molecular weight is 235 g/mol. The normalized spacial score (nSPS) is 21.6. The third-order valence-corrected chi connectivity index (χ3v) is 4.61. The fourth-order valence-corrected chi connectivity index (χ4v) is 4.47.